The van der Waals surface area contributed by atoms with Crippen LogP contribution in [0.2, 0.25) is 0 Å². The van der Waals surface area contributed by atoms with Gasteiger partial charge in [-0.25, -0.2) is 13.9 Å². The molecule has 0 amide bonds. The highest BCUT2D eigenvalue weighted by atomic mass is 35.5. The quantitative estimate of drug-likeness (QED) is 0.326. The van der Waals surface area contributed by atoms with Gasteiger partial charge in [-0.1, -0.05) is 6.92 Å². The van der Waals surface area contributed by atoms with Crippen molar-refractivity contribution in [2.75, 3.05) is 18.9 Å². The van der Waals surface area contributed by atoms with Crippen molar-refractivity contribution in [3.63, 3.8) is 0 Å². The zero-order valence-corrected chi connectivity index (χ0v) is 20.9. The van der Waals surface area contributed by atoms with Crippen molar-refractivity contribution in [1.29, 1.82) is 0 Å². The molecule has 0 saturated carbocycles. The van der Waals surface area contributed by atoms with Crippen LogP contribution >= 0.6 is 19.4 Å². The number of nitrogen functional groups attached to an aromatic ring is 1. The van der Waals surface area contributed by atoms with Gasteiger partial charge in [0.05, 0.1) is 30.6 Å². The Morgan fingerprint density at radius 3 is 2.91 bits per heavy atom. The summed E-state index contributed by atoms with van der Waals surface area (Å²) in [7, 11) is -3.98. The van der Waals surface area contributed by atoms with Crippen molar-refractivity contribution in [2.24, 2.45) is 5.92 Å². The third-order valence-corrected chi connectivity index (χ3v) is 7.68. The first-order chi connectivity index (χ1) is 15.9. The van der Waals surface area contributed by atoms with Crippen molar-refractivity contribution < 1.29 is 36.8 Å². The first-order valence-corrected chi connectivity index (χ1v) is 12.8. The van der Waals surface area contributed by atoms with Gasteiger partial charge in [-0.05, 0) is 33.3 Å². The summed E-state index contributed by atoms with van der Waals surface area (Å²) in [6.45, 7) is 6.69. The second-order valence-electron chi connectivity index (χ2n) is 8.94. The standard InChI is InChI=1S/C21H28ClFN3O7P/c1-11(2)31-19(27)12(3)6-8-29-34(28)30-10-15-17(33-34)21(4,22)20(32-15)26-9-13(23)16-14(24)5-7-25-18(16)26/h5,7,9,11-12,15,17,20H,6,8,10H2,1-4H3,(H2,24,25)/t12-,15-,17-,20-,21-,34-/m1/s1. The lowest BCUT2D eigenvalue weighted by Gasteiger charge is -2.34. The molecule has 2 saturated heterocycles. The van der Waals surface area contributed by atoms with Crippen LogP contribution in [0.5, 0.6) is 0 Å². The molecule has 0 radical (unpaired) electrons. The Morgan fingerprint density at radius 2 is 2.21 bits per heavy atom. The highest BCUT2D eigenvalue weighted by molar-refractivity contribution is 7.48. The molecule has 2 aliphatic rings. The number of halogens is 2. The summed E-state index contributed by atoms with van der Waals surface area (Å²) >= 11 is 6.85. The number of carbonyl (C=O) groups is 1. The molecule has 2 N–H and O–H groups in total. The highest BCUT2D eigenvalue weighted by Crippen LogP contribution is 2.60. The Labute approximate surface area is 201 Å². The van der Waals surface area contributed by atoms with E-state index in [9.17, 15) is 13.8 Å². The second kappa shape index (κ2) is 9.37. The number of carbonyl (C=O) groups excluding carboxylic acids is 1. The largest absolute Gasteiger partial charge is 0.475 e. The number of hydrogen-bond donors (Lipinski definition) is 1. The minimum absolute atomic E-state index is 0.0526. The van der Waals surface area contributed by atoms with E-state index in [1.54, 1.807) is 27.7 Å². The fourth-order valence-corrected chi connectivity index (χ4v) is 5.94. The second-order valence-corrected chi connectivity index (χ2v) is 11.4. The van der Waals surface area contributed by atoms with Gasteiger partial charge in [-0.2, -0.15) is 0 Å². The van der Waals surface area contributed by atoms with Crippen molar-refractivity contribution in [3.8, 4) is 0 Å². The molecular weight excluding hydrogens is 492 g/mol. The molecule has 0 bridgehead atoms. The van der Waals surface area contributed by atoms with Crippen LogP contribution in [0.3, 0.4) is 0 Å². The monoisotopic (exact) mass is 519 g/mol. The first kappa shape index (κ1) is 25.3. The Kier molecular flexibility index (Phi) is 6.98. The van der Waals surface area contributed by atoms with Crippen LogP contribution in [-0.4, -0.2) is 51.9 Å². The van der Waals surface area contributed by atoms with Crippen molar-refractivity contribution in [3.05, 3.63) is 24.3 Å². The number of ether oxygens (including phenoxy) is 2. The summed E-state index contributed by atoms with van der Waals surface area (Å²) in [5.74, 6) is -1.40. The number of nitrogens with zero attached hydrogens (tertiary/aromatic N) is 2. The fourth-order valence-electron chi connectivity index (χ4n) is 4.05. The Morgan fingerprint density at radius 1 is 1.47 bits per heavy atom. The first-order valence-electron chi connectivity index (χ1n) is 11.0. The maximum atomic E-state index is 14.6. The van der Waals surface area contributed by atoms with E-state index in [1.807, 2.05) is 0 Å². The lowest BCUT2D eigenvalue weighted by Crippen LogP contribution is -2.44. The topological polar surface area (TPSA) is 124 Å². The number of phosphoric ester groups is 1. The fraction of sp³-hybridized carbons (Fsp3) is 0.619. The average molecular weight is 520 g/mol. The van der Waals surface area contributed by atoms with E-state index in [1.165, 1.54) is 23.0 Å². The molecule has 10 nitrogen and oxygen atoms in total. The van der Waals surface area contributed by atoms with Crippen LogP contribution in [0.25, 0.3) is 11.0 Å². The SMILES string of the molecule is CC(C)OC(=O)[C@H](C)CCO[P@]1(=O)OC[C@H]2O[C@@H](n3cc(F)c4c(N)ccnc43)[C@](C)(Cl)[C@@H]2O1. The van der Waals surface area contributed by atoms with Gasteiger partial charge in [-0.3, -0.25) is 18.4 Å². The van der Waals surface area contributed by atoms with Gasteiger partial charge in [0, 0.05) is 18.1 Å². The van der Waals surface area contributed by atoms with Crippen LogP contribution in [-0.2, 0) is 32.4 Å². The van der Waals surface area contributed by atoms with Gasteiger partial charge in [-0.15, -0.1) is 11.6 Å². The summed E-state index contributed by atoms with van der Waals surface area (Å²) < 4.78 is 56.8. The Bertz CT molecular complexity index is 1130. The van der Waals surface area contributed by atoms with E-state index in [0.717, 1.165) is 0 Å². The number of fused-ring (bicyclic) bond motifs is 2. The number of phosphoric acid groups is 1. The number of aromatic nitrogens is 2. The molecule has 0 unspecified atom stereocenters. The maximum Gasteiger partial charge on any atom is 0.475 e. The predicted molar refractivity (Wildman–Crippen MR) is 122 cm³/mol. The molecule has 2 aromatic heterocycles. The third kappa shape index (κ3) is 4.69. The highest BCUT2D eigenvalue weighted by Gasteiger charge is 2.60. The van der Waals surface area contributed by atoms with E-state index >= 15 is 0 Å². The van der Waals surface area contributed by atoms with Crippen molar-refractivity contribution in [2.45, 2.75) is 63.5 Å². The molecular formula is C21H28ClFN3O7P. The summed E-state index contributed by atoms with van der Waals surface area (Å²) in [4.78, 5) is 14.9. The molecule has 2 aromatic rings. The molecule has 6 atom stereocenters. The Hall–Kier alpha value is -1.75. The van der Waals surface area contributed by atoms with Crippen LogP contribution in [0.15, 0.2) is 18.5 Å². The molecule has 2 fully saturated rings. The maximum absolute atomic E-state index is 14.6. The zero-order valence-electron chi connectivity index (χ0n) is 19.3. The lowest BCUT2D eigenvalue weighted by molar-refractivity contribution is -0.152. The number of esters is 1. The molecule has 0 spiro atoms. The molecule has 34 heavy (non-hydrogen) atoms. The van der Waals surface area contributed by atoms with E-state index < -0.39 is 42.9 Å². The minimum atomic E-state index is -3.98. The third-order valence-electron chi connectivity index (χ3n) is 5.83. The van der Waals surface area contributed by atoms with Crippen LogP contribution in [0.1, 0.15) is 40.3 Å². The number of nitrogens with two attached hydrogens (primary N) is 1. The molecule has 2 aliphatic heterocycles. The molecule has 0 aromatic carbocycles. The summed E-state index contributed by atoms with van der Waals surface area (Å²) in [6.07, 6.45) is 0.224. The number of alkyl halides is 1. The lowest BCUT2D eigenvalue weighted by atomic mass is 10.0. The number of pyridine rings is 1. The smallest absolute Gasteiger partial charge is 0.463 e. The van der Waals surface area contributed by atoms with Crippen molar-refractivity contribution in [1.82, 2.24) is 9.55 Å². The molecule has 13 heteroatoms. The molecule has 4 heterocycles. The normalized spacial score (nSPS) is 32.1. The average Bonchev–Trinajstić information content (AvgIpc) is 3.21. The summed E-state index contributed by atoms with van der Waals surface area (Å²) in [6, 6.07) is 1.50. The van der Waals surface area contributed by atoms with E-state index in [0.29, 0.717) is 0 Å². The molecule has 188 valence electrons. The van der Waals surface area contributed by atoms with Crippen molar-refractivity contribution >= 4 is 42.1 Å². The van der Waals surface area contributed by atoms with Gasteiger partial charge < -0.3 is 19.8 Å². The van der Waals surface area contributed by atoms with E-state index in [2.05, 4.69) is 4.98 Å². The Balaban J connectivity index is 1.46. The number of anilines is 1. The number of hydrogen-bond acceptors (Lipinski definition) is 9. The van der Waals surface area contributed by atoms with Crippen LogP contribution in [0, 0.1) is 11.7 Å². The van der Waals surface area contributed by atoms with Gasteiger partial charge in [0.25, 0.3) is 0 Å². The molecule has 0 aliphatic carbocycles. The summed E-state index contributed by atoms with van der Waals surface area (Å²) in [5.41, 5.74) is 6.40. The van der Waals surface area contributed by atoms with E-state index in [4.69, 9.17) is 40.4 Å². The zero-order chi connectivity index (χ0) is 24.8. The van der Waals surface area contributed by atoms with Gasteiger partial charge in [0.2, 0.25) is 0 Å². The van der Waals surface area contributed by atoms with E-state index in [-0.39, 0.29) is 48.4 Å². The minimum Gasteiger partial charge on any atom is -0.463 e. The van der Waals surface area contributed by atoms with Gasteiger partial charge in [0.15, 0.2) is 12.0 Å². The van der Waals surface area contributed by atoms with Crippen LogP contribution in [0.4, 0.5) is 10.1 Å². The van der Waals surface area contributed by atoms with Crippen LogP contribution < -0.4 is 5.73 Å². The van der Waals surface area contributed by atoms with Gasteiger partial charge in [0.1, 0.15) is 22.7 Å². The predicted octanol–water partition coefficient (Wildman–Crippen LogP) is 4.17. The number of rotatable bonds is 7. The summed E-state index contributed by atoms with van der Waals surface area (Å²) in [5, 5.41) is 0.157. The van der Waals surface area contributed by atoms with Gasteiger partial charge >= 0.3 is 13.8 Å². The molecule has 4 rings (SSSR count).